The molecule has 2 aromatic rings. The SMILES string of the molecule is COc1cccc(C(CNC(=O)c2ccc(OCC(F)(F)F)nc2)N(C)C)c1. The third-order valence-electron chi connectivity index (χ3n) is 3.94. The molecule has 0 spiro atoms. The number of hydrogen-bond donors (Lipinski definition) is 1. The number of carbonyl (C=O) groups excluding carboxylic acids is 1. The molecule has 152 valence electrons. The van der Waals surface area contributed by atoms with Crippen molar-refractivity contribution in [3.8, 4) is 11.6 Å². The summed E-state index contributed by atoms with van der Waals surface area (Å²) in [7, 11) is 5.37. The highest BCUT2D eigenvalue weighted by atomic mass is 19.4. The van der Waals surface area contributed by atoms with E-state index in [4.69, 9.17) is 4.74 Å². The zero-order valence-electron chi connectivity index (χ0n) is 15.8. The van der Waals surface area contributed by atoms with Crippen LogP contribution in [0.1, 0.15) is 22.0 Å². The Kier molecular flexibility index (Phi) is 7.22. The molecule has 1 unspecified atom stereocenters. The van der Waals surface area contributed by atoms with Crippen molar-refractivity contribution < 1.29 is 27.4 Å². The van der Waals surface area contributed by atoms with Gasteiger partial charge < -0.3 is 19.7 Å². The van der Waals surface area contributed by atoms with Gasteiger partial charge in [-0.1, -0.05) is 12.1 Å². The molecule has 1 aromatic carbocycles. The van der Waals surface area contributed by atoms with Gasteiger partial charge in [-0.05, 0) is 37.9 Å². The van der Waals surface area contributed by atoms with Crippen molar-refractivity contribution in [3.63, 3.8) is 0 Å². The molecule has 1 heterocycles. The van der Waals surface area contributed by atoms with Gasteiger partial charge in [0, 0.05) is 18.8 Å². The Labute approximate surface area is 161 Å². The van der Waals surface area contributed by atoms with E-state index in [9.17, 15) is 18.0 Å². The maximum absolute atomic E-state index is 12.3. The van der Waals surface area contributed by atoms with E-state index >= 15 is 0 Å². The van der Waals surface area contributed by atoms with E-state index in [1.807, 2.05) is 43.3 Å². The van der Waals surface area contributed by atoms with Crippen LogP contribution in [0, 0.1) is 0 Å². The maximum Gasteiger partial charge on any atom is 0.422 e. The number of ether oxygens (including phenoxy) is 2. The summed E-state index contributed by atoms with van der Waals surface area (Å²) < 4.78 is 46.2. The summed E-state index contributed by atoms with van der Waals surface area (Å²) in [5.74, 6) is 0.135. The molecule has 0 aliphatic rings. The van der Waals surface area contributed by atoms with Crippen molar-refractivity contribution in [1.29, 1.82) is 0 Å². The molecule has 0 radical (unpaired) electrons. The Morgan fingerprint density at radius 1 is 1.25 bits per heavy atom. The third-order valence-corrected chi connectivity index (χ3v) is 3.94. The van der Waals surface area contributed by atoms with Gasteiger partial charge in [-0.2, -0.15) is 13.2 Å². The van der Waals surface area contributed by atoms with E-state index in [0.717, 1.165) is 5.56 Å². The first-order valence-electron chi connectivity index (χ1n) is 8.44. The maximum atomic E-state index is 12.3. The molecule has 6 nitrogen and oxygen atoms in total. The standard InChI is InChI=1S/C19H22F3N3O3/c1-25(2)16(13-5-4-6-15(9-13)27-3)11-24-18(26)14-7-8-17(23-10-14)28-12-19(20,21)22/h4-10,16H,11-12H2,1-3H3,(H,24,26). The second-order valence-electron chi connectivity index (χ2n) is 6.26. The molecule has 0 aliphatic carbocycles. The number of methoxy groups -OCH3 is 1. The summed E-state index contributed by atoms with van der Waals surface area (Å²) in [5, 5.41) is 2.81. The molecule has 2 rings (SSSR count). The minimum atomic E-state index is -4.45. The highest BCUT2D eigenvalue weighted by Crippen LogP contribution is 2.22. The Morgan fingerprint density at radius 3 is 2.57 bits per heavy atom. The van der Waals surface area contributed by atoms with Crippen LogP contribution in [0.5, 0.6) is 11.6 Å². The summed E-state index contributed by atoms with van der Waals surface area (Å²) in [6, 6.07) is 10.0. The molecule has 1 N–H and O–H groups in total. The van der Waals surface area contributed by atoms with Crippen LogP contribution >= 0.6 is 0 Å². The lowest BCUT2D eigenvalue weighted by Gasteiger charge is -2.25. The number of nitrogens with zero attached hydrogens (tertiary/aromatic N) is 2. The van der Waals surface area contributed by atoms with Crippen LogP contribution in [0.25, 0.3) is 0 Å². The average molecular weight is 397 g/mol. The Balaban J connectivity index is 1.98. The predicted octanol–water partition coefficient (Wildman–Crippen LogP) is 3.06. The topological polar surface area (TPSA) is 63.7 Å². The minimum Gasteiger partial charge on any atom is -0.497 e. The molecule has 28 heavy (non-hydrogen) atoms. The number of benzene rings is 1. The van der Waals surface area contributed by atoms with E-state index in [1.54, 1.807) is 7.11 Å². The number of pyridine rings is 1. The van der Waals surface area contributed by atoms with Crippen molar-refractivity contribution in [3.05, 3.63) is 53.7 Å². The summed E-state index contributed by atoms with van der Waals surface area (Å²) in [6.07, 6.45) is -3.27. The number of amides is 1. The summed E-state index contributed by atoms with van der Waals surface area (Å²) in [6.45, 7) is -1.11. The lowest BCUT2D eigenvalue weighted by atomic mass is 10.1. The highest BCUT2D eigenvalue weighted by Gasteiger charge is 2.28. The molecule has 1 atom stereocenters. The Morgan fingerprint density at radius 2 is 2.00 bits per heavy atom. The van der Waals surface area contributed by atoms with Gasteiger partial charge in [-0.15, -0.1) is 0 Å². The van der Waals surface area contributed by atoms with Crippen LogP contribution in [-0.2, 0) is 0 Å². The van der Waals surface area contributed by atoms with Gasteiger partial charge in [0.1, 0.15) is 5.75 Å². The summed E-state index contributed by atoms with van der Waals surface area (Å²) in [5.41, 5.74) is 1.20. The number of alkyl halides is 3. The summed E-state index contributed by atoms with van der Waals surface area (Å²) >= 11 is 0. The zero-order valence-corrected chi connectivity index (χ0v) is 15.8. The van der Waals surface area contributed by atoms with Gasteiger partial charge in [0.15, 0.2) is 6.61 Å². The molecule has 0 bridgehead atoms. The molecular formula is C19H22F3N3O3. The normalized spacial score (nSPS) is 12.5. The molecule has 0 saturated heterocycles. The van der Waals surface area contributed by atoms with E-state index in [0.29, 0.717) is 12.3 Å². The van der Waals surface area contributed by atoms with Crippen molar-refractivity contribution in [1.82, 2.24) is 15.2 Å². The molecule has 0 fully saturated rings. The van der Waals surface area contributed by atoms with E-state index in [2.05, 4.69) is 15.0 Å². The Bertz CT molecular complexity index is 780. The lowest BCUT2D eigenvalue weighted by Crippen LogP contribution is -2.34. The minimum absolute atomic E-state index is 0.0959. The zero-order chi connectivity index (χ0) is 20.7. The molecule has 1 aromatic heterocycles. The van der Waals surface area contributed by atoms with Crippen molar-refractivity contribution in [2.45, 2.75) is 12.2 Å². The third kappa shape index (κ3) is 6.41. The van der Waals surface area contributed by atoms with Crippen LogP contribution < -0.4 is 14.8 Å². The molecule has 1 amide bonds. The largest absolute Gasteiger partial charge is 0.497 e. The lowest BCUT2D eigenvalue weighted by molar-refractivity contribution is -0.154. The van der Waals surface area contributed by atoms with Crippen molar-refractivity contribution in [2.75, 3.05) is 34.4 Å². The number of likely N-dealkylation sites (N-methyl/N-ethyl adjacent to an activating group) is 1. The average Bonchev–Trinajstić information content (AvgIpc) is 2.66. The Hall–Kier alpha value is -2.81. The highest BCUT2D eigenvalue weighted by molar-refractivity contribution is 5.93. The molecule has 9 heteroatoms. The molecular weight excluding hydrogens is 375 g/mol. The van der Waals surface area contributed by atoms with Crippen molar-refractivity contribution in [2.24, 2.45) is 0 Å². The number of halogens is 3. The first-order chi connectivity index (χ1) is 13.2. The summed E-state index contributed by atoms with van der Waals surface area (Å²) in [4.78, 5) is 18.0. The second-order valence-corrected chi connectivity index (χ2v) is 6.26. The monoisotopic (exact) mass is 397 g/mol. The number of rotatable bonds is 8. The van der Waals surface area contributed by atoms with Gasteiger partial charge >= 0.3 is 6.18 Å². The van der Waals surface area contributed by atoms with Crippen LogP contribution in [-0.4, -0.2) is 56.3 Å². The number of nitrogens with one attached hydrogen (secondary N) is 1. The quantitative estimate of drug-likeness (QED) is 0.742. The van der Waals surface area contributed by atoms with Gasteiger partial charge in [-0.25, -0.2) is 4.98 Å². The smallest absolute Gasteiger partial charge is 0.422 e. The van der Waals surface area contributed by atoms with E-state index in [1.165, 1.54) is 18.3 Å². The van der Waals surface area contributed by atoms with E-state index in [-0.39, 0.29) is 23.4 Å². The fourth-order valence-corrected chi connectivity index (χ4v) is 2.49. The molecule has 0 saturated carbocycles. The van der Waals surface area contributed by atoms with Gasteiger partial charge in [0.2, 0.25) is 5.88 Å². The first kappa shape index (κ1) is 21.5. The van der Waals surface area contributed by atoms with Crippen LogP contribution in [0.2, 0.25) is 0 Å². The fourth-order valence-electron chi connectivity index (χ4n) is 2.49. The number of hydrogen-bond acceptors (Lipinski definition) is 5. The van der Waals surface area contributed by atoms with Crippen molar-refractivity contribution >= 4 is 5.91 Å². The van der Waals surface area contributed by atoms with Gasteiger partial charge in [0.25, 0.3) is 5.91 Å². The van der Waals surface area contributed by atoms with Crippen LogP contribution in [0.15, 0.2) is 42.6 Å². The predicted molar refractivity (Wildman–Crippen MR) is 97.5 cm³/mol. The van der Waals surface area contributed by atoms with Crippen LogP contribution in [0.4, 0.5) is 13.2 Å². The van der Waals surface area contributed by atoms with Crippen LogP contribution in [0.3, 0.4) is 0 Å². The number of aromatic nitrogens is 1. The molecule has 0 aliphatic heterocycles. The van der Waals surface area contributed by atoms with Gasteiger partial charge in [0.05, 0.1) is 18.7 Å². The fraction of sp³-hybridized carbons (Fsp3) is 0.368. The first-order valence-corrected chi connectivity index (χ1v) is 8.44. The number of carbonyl (C=O) groups is 1. The van der Waals surface area contributed by atoms with E-state index < -0.39 is 12.8 Å². The second kappa shape index (κ2) is 9.41. The van der Waals surface area contributed by atoms with Gasteiger partial charge in [-0.3, -0.25) is 4.79 Å².